The molecule has 1 atom stereocenters. The summed E-state index contributed by atoms with van der Waals surface area (Å²) in [7, 11) is 0. The highest BCUT2D eigenvalue weighted by Gasteiger charge is 2.36. The third-order valence-corrected chi connectivity index (χ3v) is 7.44. The van der Waals surface area contributed by atoms with Crippen LogP contribution in [-0.4, -0.2) is 65.0 Å². The van der Waals surface area contributed by atoms with E-state index in [-0.39, 0.29) is 11.6 Å². The largest absolute Gasteiger partial charge is 0.378 e. The molecule has 1 aromatic heterocycles. The molecule has 182 valence electrons. The molecular formula is C27H31N5O3. The fraction of sp³-hybridized carbons (Fsp3) is 0.444. The summed E-state index contributed by atoms with van der Waals surface area (Å²) in [5, 5.41) is 6.93. The average molecular weight is 474 g/mol. The third-order valence-electron chi connectivity index (χ3n) is 7.44. The van der Waals surface area contributed by atoms with Gasteiger partial charge in [-0.1, -0.05) is 24.3 Å². The van der Waals surface area contributed by atoms with Gasteiger partial charge in [0.1, 0.15) is 5.82 Å². The molecule has 1 unspecified atom stereocenters. The maximum Gasteiger partial charge on any atom is 0.347 e. The number of aromatic nitrogens is 3. The summed E-state index contributed by atoms with van der Waals surface area (Å²) >= 11 is 0. The van der Waals surface area contributed by atoms with Crippen LogP contribution in [0.5, 0.6) is 0 Å². The van der Waals surface area contributed by atoms with Gasteiger partial charge in [-0.05, 0) is 60.6 Å². The van der Waals surface area contributed by atoms with Gasteiger partial charge in [0, 0.05) is 44.2 Å². The van der Waals surface area contributed by atoms with Crippen LogP contribution in [-0.2, 0) is 16.0 Å². The molecule has 8 nitrogen and oxygen atoms in total. The zero-order valence-corrected chi connectivity index (χ0v) is 19.9. The van der Waals surface area contributed by atoms with Gasteiger partial charge in [0.15, 0.2) is 0 Å². The maximum absolute atomic E-state index is 12.6. The first-order chi connectivity index (χ1) is 17.2. The second-order valence-electron chi connectivity index (χ2n) is 9.89. The van der Waals surface area contributed by atoms with Gasteiger partial charge in [0.25, 0.3) is 0 Å². The maximum atomic E-state index is 12.6. The van der Waals surface area contributed by atoms with Crippen molar-refractivity contribution in [2.75, 3.05) is 44.3 Å². The third kappa shape index (κ3) is 4.62. The van der Waals surface area contributed by atoms with Crippen LogP contribution >= 0.6 is 0 Å². The highest BCUT2D eigenvalue weighted by molar-refractivity contribution is 5.81. The summed E-state index contributed by atoms with van der Waals surface area (Å²) in [5.41, 5.74) is 4.03. The van der Waals surface area contributed by atoms with Crippen molar-refractivity contribution in [2.24, 2.45) is 11.8 Å². The molecule has 8 heteroatoms. The van der Waals surface area contributed by atoms with Gasteiger partial charge < -0.3 is 14.5 Å². The number of likely N-dealkylation sites (tertiary alicyclic amines) is 1. The molecule has 1 aliphatic carbocycles. The van der Waals surface area contributed by atoms with Crippen molar-refractivity contribution in [1.29, 1.82) is 0 Å². The summed E-state index contributed by atoms with van der Waals surface area (Å²) < 4.78 is 7.11. The molecule has 3 fully saturated rings. The van der Waals surface area contributed by atoms with Crippen LogP contribution in [0.15, 0.2) is 53.3 Å². The number of anilines is 1. The molecule has 6 rings (SSSR count). The van der Waals surface area contributed by atoms with Crippen molar-refractivity contribution in [3.05, 3.63) is 64.8 Å². The summed E-state index contributed by atoms with van der Waals surface area (Å²) in [6.07, 6.45) is 3.71. The standard InChI is InChI=1S/C27H31N5O3/c33-26(22-1-2-22)31-12-11-19(18-31)17-25-28-29-27(34)32(25)24-9-5-21(6-10-24)20-3-7-23(8-4-20)30-13-15-35-16-14-30/h3-10,19,22H,1-2,11-18H2,(H,29,34). The Morgan fingerprint density at radius 1 is 0.914 bits per heavy atom. The Bertz CT molecular complexity index is 1240. The van der Waals surface area contributed by atoms with Crippen LogP contribution in [0.3, 0.4) is 0 Å². The first kappa shape index (κ1) is 22.1. The zero-order chi connectivity index (χ0) is 23.8. The molecule has 1 saturated carbocycles. The second-order valence-corrected chi connectivity index (χ2v) is 9.89. The van der Waals surface area contributed by atoms with Crippen molar-refractivity contribution in [1.82, 2.24) is 19.7 Å². The predicted octanol–water partition coefficient (Wildman–Crippen LogP) is 2.87. The summed E-state index contributed by atoms with van der Waals surface area (Å²) in [4.78, 5) is 29.3. The number of hydrogen-bond acceptors (Lipinski definition) is 5. The summed E-state index contributed by atoms with van der Waals surface area (Å²) in [6.45, 7) is 4.97. The Morgan fingerprint density at radius 2 is 1.57 bits per heavy atom. The van der Waals surface area contributed by atoms with Gasteiger partial charge >= 0.3 is 5.69 Å². The summed E-state index contributed by atoms with van der Waals surface area (Å²) in [6, 6.07) is 16.7. The zero-order valence-electron chi connectivity index (χ0n) is 19.9. The fourth-order valence-electron chi connectivity index (χ4n) is 5.27. The first-order valence-corrected chi connectivity index (χ1v) is 12.6. The van der Waals surface area contributed by atoms with E-state index in [9.17, 15) is 9.59 Å². The molecule has 2 aliphatic heterocycles. The van der Waals surface area contributed by atoms with E-state index in [4.69, 9.17) is 4.74 Å². The molecule has 0 bridgehead atoms. The van der Waals surface area contributed by atoms with Crippen LogP contribution in [0.2, 0.25) is 0 Å². The molecule has 0 spiro atoms. The van der Waals surface area contributed by atoms with Crippen LogP contribution in [0.25, 0.3) is 16.8 Å². The number of nitrogens with one attached hydrogen (secondary N) is 1. The van der Waals surface area contributed by atoms with E-state index in [2.05, 4.69) is 39.4 Å². The van der Waals surface area contributed by atoms with Gasteiger partial charge in [-0.3, -0.25) is 4.79 Å². The quantitative estimate of drug-likeness (QED) is 0.595. The Labute approximate surface area is 204 Å². The number of hydrogen-bond donors (Lipinski definition) is 1. The minimum absolute atomic E-state index is 0.230. The molecule has 3 heterocycles. The van der Waals surface area contributed by atoms with Crippen molar-refractivity contribution >= 4 is 11.6 Å². The molecule has 1 N–H and O–H groups in total. The van der Waals surface area contributed by atoms with Crippen molar-refractivity contribution in [3.63, 3.8) is 0 Å². The lowest BCUT2D eigenvalue weighted by Gasteiger charge is -2.28. The number of ether oxygens (including phenoxy) is 1. The highest BCUT2D eigenvalue weighted by Crippen LogP contribution is 2.33. The van der Waals surface area contributed by atoms with E-state index in [1.54, 1.807) is 4.57 Å². The Hall–Kier alpha value is -3.39. The molecule has 3 aromatic rings. The average Bonchev–Trinajstić information content (AvgIpc) is 3.55. The number of amides is 1. The topological polar surface area (TPSA) is 83.5 Å². The van der Waals surface area contributed by atoms with Crippen LogP contribution in [0.4, 0.5) is 5.69 Å². The second kappa shape index (κ2) is 9.34. The van der Waals surface area contributed by atoms with Gasteiger partial charge in [0.2, 0.25) is 5.91 Å². The van der Waals surface area contributed by atoms with Gasteiger partial charge in [-0.2, -0.15) is 5.10 Å². The molecule has 1 amide bonds. The summed E-state index contributed by atoms with van der Waals surface area (Å²) in [5.74, 6) is 1.62. The number of carbonyl (C=O) groups excluding carboxylic acids is 1. The van der Waals surface area contributed by atoms with Crippen molar-refractivity contribution in [3.8, 4) is 16.8 Å². The van der Waals surface area contributed by atoms with E-state index in [0.29, 0.717) is 18.2 Å². The molecular weight excluding hydrogens is 442 g/mol. The minimum atomic E-state index is -0.230. The lowest BCUT2D eigenvalue weighted by molar-refractivity contribution is -0.131. The molecule has 2 saturated heterocycles. The SMILES string of the molecule is O=C(C1CC1)N1CCC(Cc2n[nH]c(=O)n2-c2ccc(-c3ccc(N4CCOCC4)cc3)cc2)C1. The van der Waals surface area contributed by atoms with Crippen LogP contribution in [0.1, 0.15) is 25.1 Å². The fourth-order valence-corrected chi connectivity index (χ4v) is 5.27. The van der Waals surface area contributed by atoms with Crippen molar-refractivity contribution in [2.45, 2.75) is 25.7 Å². The van der Waals surface area contributed by atoms with Gasteiger partial charge in [-0.15, -0.1) is 0 Å². The minimum Gasteiger partial charge on any atom is -0.378 e. The first-order valence-electron chi connectivity index (χ1n) is 12.6. The number of benzene rings is 2. The molecule has 2 aromatic carbocycles. The van der Waals surface area contributed by atoms with E-state index >= 15 is 0 Å². The monoisotopic (exact) mass is 473 g/mol. The lowest BCUT2D eigenvalue weighted by atomic mass is 10.0. The number of nitrogens with zero attached hydrogens (tertiary/aromatic N) is 4. The number of morpholine rings is 1. The highest BCUT2D eigenvalue weighted by atomic mass is 16.5. The normalized spacial score (nSPS) is 20.4. The number of H-pyrrole nitrogens is 1. The molecule has 35 heavy (non-hydrogen) atoms. The predicted molar refractivity (Wildman–Crippen MR) is 134 cm³/mol. The van der Waals surface area contributed by atoms with Gasteiger partial charge in [0.05, 0.1) is 18.9 Å². The lowest BCUT2D eigenvalue weighted by Crippen LogP contribution is -2.36. The molecule has 0 radical (unpaired) electrons. The Kier molecular flexibility index (Phi) is 5.90. The van der Waals surface area contributed by atoms with E-state index in [1.807, 2.05) is 29.2 Å². The number of aromatic amines is 1. The van der Waals surface area contributed by atoms with Gasteiger partial charge in [-0.25, -0.2) is 14.5 Å². The smallest absolute Gasteiger partial charge is 0.347 e. The molecule has 3 aliphatic rings. The number of carbonyl (C=O) groups is 1. The Morgan fingerprint density at radius 3 is 2.23 bits per heavy atom. The Balaban J connectivity index is 1.15. The van der Waals surface area contributed by atoms with Crippen LogP contribution in [0, 0.1) is 11.8 Å². The van der Waals surface area contributed by atoms with E-state index < -0.39 is 0 Å². The van der Waals surface area contributed by atoms with E-state index in [0.717, 1.165) is 81.3 Å². The van der Waals surface area contributed by atoms with E-state index in [1.165, 1.54) is 5.69 Å². The number of rotatable bonds is 6. The van der Waals surface area contributed by atoms with Crippen LogP contribution < -0.4 is 10.6 Å². The van der Waals surface area contributed by atoms with Crippen molar-refractivity contribution < 1.29 is 9.53 Å².